The number of Topliss-reactive ketones (excluding diaryl/α,β-unsaturated/α-hetero) is 1. The number of piperidine rings is 2. The van der Waals surface area contributed by atoms with Gasteiger partial charge in [-0.1, -0.05) is 13.8 Å². The molecule has 0 aliphatic carbocycles. The molecule has 0 unspecified atom stereocenters. The quantitative estimate of drug-likeness (QED) is 0.666. The lowest BCUT2D eigenvalue weighted by Gasteiger charge is -2.48. The third kappa shape index (κ3) is 6.56. The Morgan fingerprint density at radius 1 is 0.741 bits per heavy atom. The van der Waals surface area contributed by atoms with E-state index in [9.17, 15) is 4.79 Å². The minimum atomic E-state index is -0.229. The molecular weight excluding hydrogens is 332 g/mol. The maximum Gasteiger partial charge on any atom is 0.138 e. The van der Waals surface area contributed by atoms with Crippen LogP contribution in [-0.4, -0.2) is 27.9 Å². The summed E-state index contributed by atoms with van der Waals surface area (Å²) >= 11 is 0. The van der Waals surface area contributed by atoms with Gasteiger partial charge < -0.3 is 10.6 Å². The highest BCUT2D eigenvalue weighted by Gasteiger charge is 2.43. The summed E-state index contributed by atoms with van der Waals surface area (Å²) < 4.78 is 0. The Kier molecular flexibility index (Phi) is 6.04. The first-order chi connectivity index (χ1) is 11.9. The van der Waals surface area contributed by atoms with E-state index in [0.717, 1.165) is 38.5 Å². The van der Waals surface area contributed by atoms with Crippen LogP contribution in [0.3, 0.4) is 0 Å². The molecule has 2 rings (SSSR count). The van der Waals surface area contributed by atoms with Gasteiger partial charge in [0.05, 0.1) is 0 Å². The van der Waals surface area contributed by atoms with E-state index in [1.807, 2.05) is 0 Å². The van der Waals surface area contributed by atoms with E-state index >= 15 is 0 Å². The van der Waals surface area contributed by atoms with Gasteiger partial charge in [0.15, 0.2) is 0 Å². The highest BCUT2D eigenvalue weighted by Crippen LogP contribution is 2.42. The first-order valence-corrected chi connectivity index (χ1v) is 11.0. The predicted molar refractivity (Wildman–Crippen MR) is 116 cm³/mol. The monoisotopic (exact) mass is 378 g/mol. The van der Waals surface area contributed by atoms with Crippen molar-refractivity contribution in [2.75, 3.05) is 0 Å². The molecule has 0 radical (unpaired) electrons. The first kappa shape index (κ1) is 22.9. The summed E-state index contributed by atoms with van der Waals surface area (Å²) in [5, 5.41) is 7.51. The van der Waals surface area contributed by atoms with Crippen molar-refractivity contribution >= 4 is 5.78 Å². The summed E-state index contributed by atoms with van der Waals surface area (Å²) in [5.74, 6) is 1.56. The number of carbonyl (C=O) groups excluding carboxylic acids is 1. The van der Waals surface area contributed by atoms with Gasteiger partial charge in [-0.05, 0) is 99.3 Å². The molecule has 0 aromatic carbocycles. The van der Waals surface area contributed by atoms with Crippen molar-refractivity contribution in [1.82, 2.24) is 10.6 Å². The normalized spacial score (nSPS) is 28.1. The predicted octanol–water partition coefficient (Wildman–Crippen LogP) is 5.48. The molecule has 2 fully saturated rings. The molecule has 2 N–H and O–H groups in total. The fourth-order valence-corrected chi connectivity index (χ4v) is 6.73. The van der Waals surface area contributed by atoms with Crippen molar-refractivity contribution in [3.05, 3.63) is 0 Å². The van der Waals surface area contributed by atoms with Crippen LogP contribution in [0.5, 0.6) is 0 Å². The number of ketones is 1. The first-order valence-electron chi connectivity index (χ1n) is 11.0. The van der Waals surface area contributed by atoms with Gasteiger partial charge in [0.1, 0.15) is 5.78 Å². The second-order valence-electron chi connectivity index (χ2n) is 13.0. The molecule has 0 aromatic heterocycles. The lowest BCUT2D eigenvalue weighted by molar-refractivity contribution is -0.130. The van der Waals surface area contributed by atoms with Crippen LogP contribution in [0, 0.1) is 17.3 Å². The zero-order chi connectivity index (χ0) is 20.9. The third-order valence-corrected chi connectivity index (χ3v) is 6.58. The molecule has 0 atom stereocenters. The molecule has 3 heteroatoms. The van der Waals surface area contributed by atoms with Gasteiger partial charge in [0.25, 0.3) is 0 Å². The molecule has 3 nitrogen and oxygen atoms in total. The molecule has 0 amide bonds. The Balaban J connectivity index is 2.02. The minimum Gasteiger partial charge on any atom is -0.307 e. The van der Waals surface area contributed by atoms with Crippen molar-refractivity contribution in [1.29, 1.82) is 0 Å². The molecule has 2 aliphatic rings. The van der Waals surface area contributed by atoms with Crippen molar-refractivity contribution < 1.29 is 4.79 Å². The maximum absolute atomic E-state index is 13.3. The zero-order valence-electron chi connectivity index (χ0n) is 19.8. The summed E-state index contributed by atoms with van der Waals surface area (Å²) in [7, 11) is 0. The fourth-order valence-electron chi connectivity index (χ4n) is 6.73. The molecule has 2 heterocycles. The molecule has 0 saturated carbocycles. The number of nitrogens with one attached hydrogen (secondary N) is 2. The zero-order valence-corrected chi connectivity index (χ0v) is 19.8. The van der Waals surface area contributed by atoms with E-state index in [1.54, 1.807) is 0 Å². The highest BCUT2D eigenvalue weighted by molar-refractivity contribution is 5.84. The Morgan fingerprint density at radius 2 is 1.07 bits per heavy atom. The standard InChI is InChI=1S/C24H46N2O/c1-20(2,12-18-15-23(7,8)26-24(9,10)16-18)19(27)11-17-13-21(3,4)25-22(5,6)14-17/h17-18,25-26H,11-16H2,1-10H3. The van der Waals surface area contributed by atoms with Crippen LogP contribution in [0.2, 0.25) is 0 Å². The van der Waals surface area contributed by atoms with Crippen molar-refractivity contribution in [3.8, 4) is 0 Å². The average Bonchev–Trinajstić information content (AvgIpc) is 2.28. The second kappa shape index (κ2) is 7.13. The Bertz CT molecular complexity index is 525. The Hall–Kier alpha value is -0.410. The van der Waals surface area contributed by atoms with E-state index in [-0.39, 0.29) is 27.6 Å². The van der Waals surface area contributed by atoms with Crippen LogP contribution in [0.25, 0.3) is 0 Å². The van der Waals surface area contributed by atoms with E-state index in [1.165, 1.54) is 0 Å². The van der Waals surface area contributed by atoms with Crippen molar-refractivity contribution in [2.45, 2.75) is 130 Å². The molecule has 0 aromatic rings. The van der Waals surface area contributed by atoms with E-state index in [0.29, 0.717) is 17.6 Å². The largest absolute Gasteiger partial charge is 0.307 e. The summed E-state index contributed by atoms with van der Waals surface area (Å²) in [4.78, 5) is 13.3. The molecule has 27 heavy (non-hydrogen) atoms. The van der Waals surface area contributed by atoms with Crippen LogP contribution in [0.1, 0.15) is 108 Å². The van der Waals surface area contributed by atoms with Crippen LogP contribution in [0.15, 0.2) is 0 Å². The Morgan fingerprint density at radius 3 is 1.44 bits per heavy atom. The van der Waals surface area contributed by atoms with Crippen LogP contribution < -0.4 is 10.6 Å². The smallest absolute Gasteiger partial charge is 0.138 e. The summed E-state index contributed by atoms with van der Waals surface area (Å²) in [5.41, 5.74) is 0.288. The molecule has 2 saturated heterocycles. The highest BCUT2D eigenvalue weighted by atomic mass is 16.1. The van der Waals surface area contributed by atoms with Gasteiger partial charge in [-0.15, -0.1) is 0 Å². The van der Waals surface area contributed by atoms with E-state index < -0.39 is 0 Å². The third-order valence-electron chi connectivity index (χ3n) is 6.58. The lowest BCUT2D eigenvalue weighted by Crippen LogP contribution is -2.58. The van der Waals surface area contributed by atoms with Gasteiger partial charge in [0.2, 0.25) is 0 Å². The number of rotatable bonds is 5. The number of hydrogen-bond donors (Lipinski definition) is 2. The number of carbonyl (C=O) groups is 1. The SMILES string of the molecule is CC1(C)CC(CC(=O)C(C)(C)CC2CC(C)(C)NC(C)(C)C2)CC(C)(C)N1. The molecular formula is C24H46N2O. The topological polar surface area (TPSA) is 41.1 Å². The Labute approximate surface area is 168 Å². The van der Waals surface area contributed by atoms with Gasteiger partial charge in [-0.25, -0.2) is 0 Å². The van der Waals surface area contributed by atoms with E-state index in [2.05, 4.69) is 79.9 Å². The van der Waals surface area contributed by atoms with Crippen LogP contribution in [0.4, 0.5) is 0 Å². The van der Waals surface area contributed by atoms with Crippen molar-refractivity contribution in [2.24, 2.45) is 17.3 Å². The summed E-state index contributed by atoms with van der Waals surface area (Å²) in [6.07, 6.45) is 6.23. The van der Waals surface area contributed by atoms with Gasteiger partial charge in [0, 0.05) is 34.0 Å². The summed E-state index contributed by atoms with van der Waals surface area (Å²) in [6.45, 7) is 22.7. The van der Waals surface area contributed by atoms with Crippen LogP contribution in [-0.2, 0) is 4.79 Å². The summed E-state index contributed by atoms with van der Waals surface area (Å²) in [6, 6.07) is 0. The van der Waals surface area contributed by atoms with Gasteiger partial charge >= 0.3 is 0 Å². The van der Waals surface area contributed by atoms with Crippen molar-refractivity contribution in [3.63, 3.8) is 0 Å². The average molecular weight is 379 g/mol. The number of hydrogen-bond acceptors (Lipinski definition) is 3. The van der Waals surface area contributed by atoms with E-state index in [4.69, 9.17) is 0 Å². The fraction of sp³-hybridized carbons (Fsp3) is 0.958. The minimum absolute atomic E-state index is 0.111. The molecule has 2 aliphatic heterocycles. The molecule has 0 bridgehead atoms. The van der Waals surface area contributed by atoms with Gasteiger partial charge in [-0.2, -0.15) is 0 Å². The molecule has 0 spiro atoms. The van der Waals surface area contributed by atoms with Crippen LogP contribution >= 0.6 is 0 Å². The molecule has 158 valence electrons. The van der Waals surface area contributed by atoms with Gasteiger partial charge in [-0.3, -0.25) is 4.79 Å². The lowest BCUT2D eigenvalue weighted by atomic mass is 9.67. The maximum atomic E-state index is 13.3. The second-order valence-corrected chi connectivity index (χ2v) is 13.0.